The summed E-state index contributed by atoms with van der Waals surface area (Å²) < 4.78 is 0. The highest BCUT2D eigenvalue weighted by Gasteiger charge is 2.35. The van der Waals surface area contributed by atoms with Gasteiger partial charge in [0.25, 0.3) is 0 Å². The molecule has 0 saturated carbocycles. The molecule has 0 radical (unpaired) electrons. The largest absolute Gasteiger partial charge is 0.344 e. The highest BCUT2D eigenvalue weighted by Crippen LogP contribution is 2.35. The van der Waals surface area contributed by atoms with Crippen LogP contribution in [0.5, 0.6) is 0 Å². The van der Waals surface area contributed by atoms with Crippen molar-refractivity contribution in [2.45, 2.75) is 20.8 Å². The van der Waals surface area contributed by atoms with Gasteiger partial charge in [-0.3, -0.25) is 0 Å². The van der Waals surface area contributed by atoms with Gasteiger partial charge in [-0.1, -0.05) is 50.2 Å². The molecule has 0 bridgehead atoms. The molecule has 4 heteroatoms. The van der Waals surface area contributed by atoms with E-state index in [0.29, 0.717) is 5.05 Å². The van der Waals surface area contributed by atoms with Gasteiger partial charge < -0.3 is 9.74 Å². The molecule has 2 aliphatic rings. The molecular formula is C17H18N2OS. The third-order valence-corrected chi connectivity index (χ3v) is 3.99. The number of hydrogen-bond donors (Lipinski definition) is 0. The molecule has 3 nitrogen and oxygen atoms in total. The first-order valence-corrected chi connectivity index (χ1v) is 7.36. The number of rotatable bonds is 0. The Bertz CT molecular complexity index is 708. The van der Waals surface area contributed by atoms with Crippen LogP contribution >= 0.6 is 12.2 Å². The summed E-state index contributed by atoms with van der Waals surface area (Å²) >= 11 is 5.36. The van der Waals surface area contributed by atoms with Crippen LogP contribution in [0.15, 0.2) is 46.8 Å². The SMILES string of the molecule is CN1C(=C2C(=S)ON=C2C(C)(C)C)C=Cc2ccccc21. The Balaban J connectivity index is 2.16. The van der Waals surface area contributed by atoms with Gasteiger partial charge in [-0.2, -0.15) is 0 Å². The number of fused-ring (bicyclic) bond motifs is 1. The fourth-order valence-corrected chi connectivity index (χ4v) is 2.85. The molecule has 0 unspecified atom stereocenters. The molecule has 3 rings (SSSR count). The summed E-state index contributed by atoms with van der Waals surface area (Å²) in [6.45, 7) is 6.35. The zero-order valence-electron chi connectivity index (χ0n) is 12.7. The Kier molecular flexibility index (Phi) is 3.21. The van der Waals surface area contributed by atoms with Crippen molar-refractivity contribution >= 4 is 34.7 Å². The molecule has 0 N–H and O–H groups in total. The molecule has 1 aromatic carbocycles. The van der Waals surface area contributed by atoms with E-state index >= 15 is 0 Å². The number of oxime groups is 1. The third-order valence-electron chi connectivity index (χ3n) is 3.71. The lowest BCUT2D eigenvalue weighted by Crippen LogP contribution is -2.28. The summed E-state index contributed by atoms with van der Waals surface area (Å²) in [6.07, 6.45) is 4.19. The van der Waals surface area contributed by atoms with Crippen LogP contribution in [0.2, 0.25) is 0 Å². The molecule has 2 aliphatic heterocycles. The number of hydrogen-bond acceptors (Lipinski definition) is 4. The summed E-state index contributed by atoms with van der Waals surface area (Å²) in [6, 6.07) is 8.29. The third kappa shape index (κ3) is 2.29. The van der Waals surface area contributed by atoms with Crippen LogP contribution in [-0.2, 0) is 4.84 Å². The molecule has 0 aromatic heterocycles. The monoisotopic (exact) mass is 298 g/mol. The maximum atomic E-state index is 5.36. The van der Waals surface area contributed by atoms with Crippen molar-refractivity contribution in [3.05, 3.63) is 47.2 Å². The van der Waals surface area contributed by atoms with Crippen molar-refractivity contribution in [3.63, 3.8) is 0 Å². The molecule has 21 heavy (non-hydrogen) atoms. The zero-order chi connectivity index (χ0) is 15.2. The maximum absolute atomic E-state index is 5.36. The predicted octanol–water partition coefficient (Wildman–Crippen LogP) is 4.16. The topological polar surface area (TPSA) is 24.8 Å². The second-order valence-corrected chi connectivity index (χ2v) is 6.65. The Morgan fingerprint density at radius 1 is 1.14 bits per heavy atom. The lowest BCUT2D eigenvalue weighted by molar-refractivity contribution is 0.345. The van der Waals surface area contributed by atoms with E-state index in [-0.39, 0.29) is 5.41 Å². The molecule has 1 aromatic rings. The molecule has 108 valence electrons. The number of likely N-dealkylation sites (N-methyl/N-ethyl adjacent to an activating group) is 1. The lowest BCUT2D eigenvalue weighted by atomic mass is 9.84. The van der Waals surface area contributed by atoms with Gasteiger partial charge in [0.15, 0.2) is 0 Å². The van der Waals surface area contributed by atoms with Crippen LogP contribution in [0.1, 0.15) is 26.3 Å². The molecule has 0 fully saturated rings. The minimum atomic E-state index is -0.117. The van der Waals surface area contributed by atoms with Gasteiger partial charge in [0.1, 0.15) is 0 Å². The van der Waals surface area contributed by atoms with Gasteiger partial charge in [-0.05, 0) is 29.9 Å². The number of allylic oxidation sites excluding steroid dienone is 1. The van der Waals surface area contributed by atoms with E-state index in [1.165, 1.54) is 5.56 Å². The second kappa shape index (κ2) is 4.81. The summed E-state index contributed by atoms with van der Waals surface area (Å²) in [5, 5.41) is 4.64. The van der Waals surface area contributed by atoms with Gasteiger partial charge in [0.2, 0.25) is 5.05 Å². The second-order valence-electron chi connectivity index (χ2n) is 6.28. The van der Waals surface area contributed by atoms with Crippen molar-refractivity contribution in [1.29, 1.82) is 0 Å². The Morgan fingerprint density at radius 3 is 2.57 bits per heavy atom. The van der Waals surface area contributed by atoms with Crippen LogP contribution in [0.4, 0.5) is 5.69 Å². The Morgan fingerprint density at radius 2 is 1.86 bits per heavy atom. The van der Waals surface area contributed by atoms with Gasteiger partial charge in [-0.25, -0.2) is 0 Å². The number of benzene rings is 1. The maximum Gasteiger partial charge on any atom is 0.232 e. The van der Waals surface area contributed by atoms with E-state index in [1.807, 2.05) is 19.2 Å². The average Bonchev–Trinajstić information content (AvgIpc) is 2.81. The number of para-hydroxylation sites is 1. The molecule has 0 saturated heterocycles. The standard InChI is InChI=1S/C17H18N2OS/c1-17(2,3)15-14(16(21)20-18-15)13-10-9-11-7-5-6-8-12(11)19(13)4/h5-10H,1-4H3. The van der Waals surface area contributed by atoms with E-state index in [1.54, 1.807) is 0 Å². The summed E-state index contributed by atoms with van der Waals surface area (Å²) in [5.74, 6) is 0. The van der Waals surface area contributed by atoms with Crippen LogP contribution in [0.25, 0.3) is 6.08 Å². The van der Waals surface area contributed by atoms with Gasteiger partial charge in [-0.15, -0.1) is 0 Å². The quantitative estimate of drug-likeness (QED) is 0.531. The smallest absolute Gasteiger partial charge is 0.232 e. The van der Waals surface area contributed by atoms with Gasteiger partial charge in [0.05, 0.1) is 17.0 Å². The summed E-state index contributed by atoms with van der Waals surface area (Å²) in [5.41, 5.74) is 5.09. The molecule has 0 atom stereocenters. The fourth-order valence-electron chi connectivity index (χ4n) is 2.61. The van der Waals surface area contributed by atoms with Crippen LogP contribution in [0, 0.1) is 5.41 Å². The van der Waals surface area contributed by atoms with Crippen LogP contribution in [0.3, 0.4) is 0 Å². The highest BCUT2D eigenvalue weighted by molar-refractivity contribution is 7.80. The van der Waals surface area contributed by atoms with E-state index in [2.05, 4.69) is 55.1 Å². The van der Waals surface area contributed by atoms with Crippen molar-refractivity contribution < 1.29 is 4.84 Å². The Labute approximate surface area is 130 Å². The highest BCUT2D eigenvalue weighted by atomic mass is 32.1. The fraction of sp³-hybridized carbons (Fsp3) is 0.294. The number of anilines is 1. The van der Waals surface area contributed by atoms with Crippen molar-refractivity contribution in [1.82, 2.24) is 0 Å². The molecule has 2 heterocycles. The van der Waals surface area contributed by atoms with Crippen molar-refractivity contribution in [3.8, 4) is 0 Å². The molecular weight excluding hydrogens is 280 g/mol. The lowest BCUT2D eigenvalue weighted by Gasteiger charge is -2.29. The average molecular weight is 298 g/mol. The first kappa shape index (κ1) is 14.0. The van der Waals surface area contributed by atoms with Crippen molar-refractivity contribution in [2.24, 2.45) is 10.6 Å². The van der Waals surface area contributed by atoms with Crippen LogP contribution < -0.4 is 4.90 Å². The number of nitrogens with zero attached hydrogens (tertiary/aromatic N) is 2. The van der Waals surface area contributed by atoms with Gasteiger partial charge >= 0.3 is 0 Å². The first-order chi connectivity index (χ1) is 9.89. The van der Waals surface area contributed by atoms with E-state index in [0.717, 1.165) is 22.7 Å². The zero-order valence-corrected chi connectivity index (χ0v) is 13.5. The summed E-state index contributed by atoms with van der Waals surface area (Å²) in [4.78, 5) is 7.44. The molecule has 0 aliphatic carbocycles. The first-order valence-electron chi connectivity index (χ1n) is 6.95. The predicted molar refractivity (Wildman–Crippen MR) is 91.5 cm³/mol. The van der Waals surface area contributed by atoms with E-state index in [4.69, 9.17) is 17.1 Å². The van der Waals surface area contributed by atoms with E-state index in [9.17, 15) is 0 Å². The van der Waals surface area contributed by atoms with E-state index < -0.39 is 0 Å². The van der Waals surface area contributed by atoms with Crippen LogP contribution in [-0.4, -0.2) is 17.8 Å². The Hall–Kier alpha value is -1.94. The summed E-state index contributed by atoms with van der Waals surface area (Å²) in [7, 11) is 2.05. The van der Waals surface area contributed by atoms with Crippen molar-refractivity contribution in [2.75, 3.05) is 11.9 Å². The minimum Gasteiger partial charge on any atom is -0.344 e. The molecule has 0 spiro atoms. The normalized spacial score (nSPS) is 21.2. The number of thiocarbonyl (C=S) groups is 1. The van der Waals surface area contributed by atoms with Gasteiger partial charge in [0, 0.05) is 18.2 Å². The minimum absolute atomic E-state index is 0.117. The molecule has 0 amide bonds.